The number of hydrogen-bond acceptors (Lipinski definition) is 12. The van der Waals surface area contributed by atoms with Gasteiger partial charge in [0.2, 0.25) is 29.5 Å². The normalized spacial score (nSPS) is 22.5. The summed E-state index contributed by atoms with van der Waals surface area (Å²) in [5.74, 6) is -3.65. The first-order valence-electron chi connectivity index (χ1n) is 27.8. The third-order valence-corrected chi connectivity index (χ3v) is 15.3. The Bertz CT molecular complexity index is 3130. The molecule has 0 aliphatic carbocycles. The molecule has 7 atom stereocenters. The van der Waals surface area contributed by atoms with E-state index in [0.29, 0.717) is 41.2 Å². The predicted molar refractivity (Wildman–Crippen MR) is 304 cm³/mol. The van der Waals surface area contributed by atoms with Crippen LogP contribution in [-0.2, 0) is 59.4 Å². The number of nitrogens with two attached hydrogens (primary N) is 1. The second-order valence-electron chi connectivity index (χ2n) is 21.1. The average Bonchev–Trinajstić information content (AvgIpc) is 4.14. The number of ketones is 1. The standard InChI is InChI=1S/C62H71N9O10/c1-79-47-16-10-13-42(30-47)32-53-61(77)71-37-48(81-62(78)65-28-25-63)35-54(71)59(75)70-56(43-14-6-3-7-15-43)60(76)67-51(33-45-36-66-50-18-9-8-17-49(45)50)55(72)34-44(29-40-23-26-64-27-24-40)57(73)68-52(58(74)69-53)31-39-19-21-46(22-20-39)80-38-41-11-4-2-5-12-41/h2-22,30,36,40,44,48,51-54,56,64,66H,23-29,31-35,37-38,63H2,1H3,(H,65,78)(H,67,76)(H,68,73)(H,69,74)(H,70,75)/t44-,48-,51-,52+,53+,54+,56+/m1/s1. The van der Waals surface area contributed by atoms with Crippen molar-refractivity contribution < 1.29 is 47.8 Å². The maximum atomic E-state index is 15.5. The zero-order chi connectivity index (χ0) is 56.7. The Morgan fingerprint density at radius 1 is 0.679 bits per heavy atom. The number of methoxy groups -OCH3 is 1. The van der Waals surface area contributed by atoms with Gasteiger partial charge >= 0.3 is 6.09 Å². The molecule has 4 heterocycles. The SMILES string of the molecule is COc1cccc(C[C@@H]2NC(=O)[C@H](Cc3ccc(OCc4ccccc4)cc3)NC(=O)[C@H](CC3CCNCC3)CC(=O)[C@@H](Cc3c[nH]c4ccccc34)NC(=O)[C@H](c3ccccc3)NC(=O)[C@@H]3C[C@@H](OC(=O)NCCN)CN3C2=O)c1. The minimum absolute atomic E-state index is 0.0344. The molecular formula is C62H71N9O10. The molecule has 0 saturated carbocycles. The fraction of sp³-hybridized carbons (Fsp3) is 0.371. The van der Waals surface area contributed by atoms with E-state index in [1.54, 1.807) is 85.1 Å². The van der Waals surface area contributed by atoms with Crippen LogP contribution < -0.4 is 47.1 Å². The fourth-order valence-corrected chi connectivity index (χ4v) is 11.0. The number of rotatable bonds is 16. The summed E-state index contributed by atoms with van der Waals surface area (Å²) < 4.78 is 17.4. The van der Waals surface area contributed by atoms with Gasteiger partial charge in [-0.15, -0.1) is 0 Å². The number of carbonyl (C=O) groups is 7. The highest BCUT2D eigenvalue weighted by atomic mass is 16.6. The maximum absolute atomic E-state index is 15.5. The molecule has 0 unspecified atom stereocenters. The second kappa shape index (κ2) is 27.6. The van der Waals surface area contributed by atoms with E-state index in [4.69, 9.17) is 19.9 Å². The van der Waals surface area contributed by atoms with Crippen molar-refractivity contribution >= 4 is 52.3 Å². The summed E-state index contributed by atoms with van der Waals surface area (Å²) in [6.45, 7) is 1.75. The number of ether oxygens (including phenoxy) is 3. The first-order valence-corrected chi connectivity index (χ1v) is 27.8. The van der Waals surface area contributed by atoms with Gasteiger partial charge in [0.1, 0.15) is 48.4 Å². The van der Waals surface area contributed by atoms with Crippen LogP contribution in [0, 0.1) is 11.8 Å². The lowest BCUT2D eigenvalue weighted by molar-refractivity contribution is -0.143. The fourth-order valence-electron chi connectivity index (χ4n) is 11.0. The zero-order valence-corrected chi connectivity index (χ0v) is 45.4. The zero-order valence-electron chi connectivity index (χ0n) is 45.4. The molecule has 3 aliphatic heterocycles. The molecule has 6 amide bonds. The molecule has 3 saturated heterocycles. The number of amides is 6. The highest BCUT2D eigenvalue weighted by Crippen LogP contribution is 2.29. The second-order valence-corrected chi connectivity index (χ2v) is 21.1. The van der Waals surface area contributed by atoms with Crippen molar-refractivity contribution in [3.63, 3.8) is 0 Å². The van der Waals surface area contributed by atoms with E-state index in [1.807, 2.05) is 54.6 Å². The molecule has 0 spiro atoms. The van der Waals surface area contributed by atoms with Crippen molar-refractivity contribution in [3.8, 4) is 11.5 Å². The van der Waals surface area contributed by atoms with Gasteiger partial charge in [-0.3, -0.25) is 28.8 Å². The highest BCUT2D eigenvalue weighted by molar-refractivity contribution is 5.99. The summed E-state index contributed by atoms with van der Waals surface area (Å²) in [6.07, 6.45) is 1.22. The van der Waals surface area contributed by atoms with Gasteiger partial charge in [0.05, 0.1) is 19.7 Å². The number of nitrogens with zero attached hydrogens (tertiary/aromatic N) is 1. The summed E-state index contributed by atoms with van der Waals surface area (Å²) in [6, 6.07) is 33.4. The first-order chi connectivity index (χ1) is 39.4. The Kier molecular flexibility index (Phi) is 19.4. The molecular weight excluding hydrogens is 1030 g/mol. The molecule has 0 radical (unpaired) electrons. The molecule has 424 valence electrons. The smallest absolute Gasteiger partial charge is 0.407 e. The van der Waals surface area contributed by atoms with Gasteiger partial charge < -0.3 is 61.7 Å². The van der Waals surface area contributed by atoms with E-state index < -0.39 is 83.6 Å². The van der Waals surface area contributed by atoms with Crippen LogP contribution in [0.4, 0.5) is 4.79 Å². The number of fused-ring (bicyclic) bond motifs is 2. The Morgan fingerprint density at radius 3 is 2.12 bits per heavy atom. The number of Topliss-reactive ketones (excluding diaryl/α,β-unsaturated/α-hetero) is 1. The lowest BCUT2D eigenvalue weighted by Crippen LogP contribution is -2.59. The molecule has 9 N–H and O–H groups in total. The summed E-state index contributed by atoms with van der Waals surface area (Å²) in [7, 11) is 1.51. The molecule has 81 heavy (non-hydrogen) atoms. The number of nitrogens with one attached hydrogen (secondary N) is 7. The number of benzene rings is 5. The van der Waals surface area contributed by atoms with Crippen LogP contribution >= 0.6 is 0 Å². The van der Waals surface area contributed by atoms with Crippen molar-refractivity contribution in [2.24, 2.45) is 17.6 Å². The molecule has 19 nitrogen and oxygen atoms in total. The van der Waals surface area contributed by atoms with E-state index >= 15 is 28.8 Å². The Hall–Kier alpha value is -8.55. The van der Waals surface area contributed by atoms with Gasteiger partial charge in [-0.2, -0.15) is 0 Å². The van der Waals surface area contributed by atoms with Gasteiger partial charge in [-0.05, 0) is 96.4 Å². The van der Waals surface area contributed by atoms with Gasteiger partial charge in [0, 0.05) is 68.2 Å². The number of carbonyl (C=O) groups excluding carboxylic acids is 7. The van der Waals surface area contributed by atoms with Gasteiger partial charge in [0.15, 0.2) is 5.78 Å². The molecule has 3 aliphatic rings. The third-order valence-electron chi connectivity index (χ3n) is 15.3. The van der Waals surface area contributed by atoms with Gasteiger partial charge in [-0.1, -0.05) is 103 Å². The molecule has 6 aromatic rings. The summed E-state index contributed by atoms with van der Waals surface area (Å²) in [5.41, 5.74) is 9.84. The minimum Gasteiger partial charge on any atom is -0.497 e. The number of aromatic amines is 1. The number of H-pyrrole nitrogens is 1. The van der Waals surface area contributed by atoms with E-state index in [0.717, 1.165) is 48.0 Å². The minimum atomic E-state index is -1.40. The van der Waals surface area contributed by atoms with Crippen LogP contribution in [-0.4, -0.2) is 121 Å². The van der Waals surface area contributed by atoms with Crippen LogP contribution in [0.2, 0.25) is 0 Å². The predicted octanol–water partition coefficient (Wildman–Crippen LogP) is 4.73. The topological polar surface area (TPSA) is 264 Å². The van der Waals surface area contributed by atoms with Crippen LogP contribution in [0.3, 0.4) is 0 Å². The van der Waals surface area contributed by atoms with E-state index in [2.05, 4.69) is 36.9 Å². The van der Waals surface area contributed by atoms with Crippen LogP contribution in [0.5, 0.6) is 11.5 Å². The van der Waals surface area contributed by atoms with E-state index in [1.165, 1.54) is 12.0 Å². The lowest BCUT2D eigenvalue weighted by atomic mass is 9.83. The lowest BCUT2D eigenvalue weighted by Gasteiger charge is -2.32. The monoisotopic (exact) mass is 1100 g/mol. The van der Waals surface area contributed by atoms with E-state index in [-0.39, 0.29) is 57.7 Å². The molecule has 1 aromatic heterocycles. The Morgan fingerprint density at radius 2 is 1.37 bits per heavy atom. The van der Waals surface area contributed by atoms with Crippen LogP contribution in [0.15, 0.2) is 140 Å². The molecule has 0 bridgehead atoms. The molecule has 19 heteroatoms. The number of hydrogen-bond donors (Lipinski definition) is 8. The van der Waals surface area contributed by atoms with Gasteiger partial charge in [-0.25, -0.2) is 4.79 Å². The van der Waals surface area contributed by atoms with Crippen molar-refractivity contribution in [1.29, 1.82) is 0 Å². The first kappa shape index (κ1) is 57.1. The number of alkyl carbamates (subject to hydrolysis) is 1. The molecule has 5 aromatic carbocycles. The number of para-hydroxylation sites is 1. The highest BCUT2D eigenvalue weighted by Gasteiger charge is 2.45. The van der Waals surface area contributed by atoms with Crippen molar-refractivity contribution in [2.45, 2.75) is 94.3 Å². The van der Waals surface area contributed by atoms with Crippen LogP contribution in [0.25, 0.3) is 10.9 Å². The Labute approximate surface area is 470 Å². The average molecular weight is 1100 g/mol. The largest absolute Gasteiger partial charge is 0.497 e. The van der Waals surface area contributed by atoms with E-state index in [9.17, 15) is 4.79 Å². The Balaban J connectivity index is 1.12. The molecule has 3 fully saturated rings. The van der Waals surface area contributed by atoms with Crippen molar-refractivity contribution in [2.75, 3.05) is 39.8 Å². The van der Waals surface area contributed by atoms with Crippen molar-refractivity contribution in [3.05, 3.63) is 167 Å². The summed E-state index contributed by atoms with van der Waals surface area (Å²) >= 11 is 0. The van der Waals surface area contributed by atoms with Crippen molar-refractivity contribution in [1.82, 2.24) is 41.8 Å². The van der Waals surface area contributed by atoms with Crippen LogP contribution in [0.1, 0.15) is 66.0 Å². The molecule has 9 rings (SSSR count). The number of aromatic nitrogens is 1. The summed E-state index contributed by atoms with van der Waals surface area (Å²) in [4.78, 5) is 109. The van der Waals surface area contributed by atoms with Gasteiger partial charge in [0.25, 0.3) is 0 Å². The third kappa shape index (κ3) is 15.2. The quantitative estimate of drug-likeness (QED) is 0.0655. The maximum Gasteiger partial charge on any atom is 0.407 e. The number of piperidine rings is 1. The summed E-state index contributed by atoms with van der Waals surface area (Å²) in [5, 5.41) is 18.7.